The lowest BCUT2D eigenvalue weighted by Crippen LogP contribution is -2.26. The molecular formula is C15H16N2O10S2. The topological polar surface area (TPSA) is 150 Å². The number of fused-ring (bicyclic) bond motifs is 1. The molecule has 14 heteroatoms. The van der Waals surface area contributed by atoms with E-state index in [1.54, 1.807) is 31.2 Å². The Morgan fingerprint density at radius 3 is 2.72 bits per heavy atom. The third-order valence-electron chi connectivity index (χ3n) is 3.17. The molecule has 1 heterocycles. The van der Waals surface area contributed by atoms with Crippen LogP contribution in [0.15, 0.2) is 23.1 Å². The van der Waals surface area contributed by atoms with Gasteiger partial charge in [-0.15, -0.1) is 20.2 Å². The van der Waals surface area contributed by atoms with Gasteiger partial charge in [-0.25, -0.2) is 4.79 Å². The highest BCUT2D eigenvalue weighted by atomic mass is 33.1. The number of carbonyl (C=O) groups is 1. The van der Waals surface area contributed by atoms with Crippen LogP contribution < -0.4 is 9.47 Å². The van der Waals surface area contributed by atoms with Crippen LogP contribution in [0.2, 0.25) is 0 Å². The van der Waals surface area contributed by atoms with Crippen molar-refractivity contribution in [1.29, 1.82) is 0 Å². The smallest absolute Gasteiger partial charge is 0.345 e. The van der Waals surface area contributed by atoms with Crippen LogP contribution in [0.4, 0.5) is 0 Å². The van der Waals surface area contributed by atoms with Crippen LogP contribution in [0.5, 0.6) is 11.5 Å². The summed E-state index contributed by atoms with van der Waals surface area (Å²) in [6, 6.07) is 5.11. The van der Waals surface area contributed by atoms with Gasteiger partial charge in [0.1, 0.15) is 17.6 Å². The number of rotatable bonds is 12. The summed E-state index contributed by atoms with van der Waals surface area (Å²) < 4.78 is 15.5. The number of carbonyl (C=O) groups excluding carboxylic acids is 1. The molecule has 12 nitrogen and oxygen atoms in total. The van der Waals surface area contributed by atoms with E-state index in [0.29, 0.717) is 17.1 Å². The van der Waals surface area contributed by atoms with Crippen LogP contribution in [-0.4, -0.2) is 48.0 Å². The quantitative estimate of drug-likeness (QED) is 0.152. The van der Waals surface area contributed by atoms with Crippen molar-refractivity contribution in [1.82, 2.24) is 0 Å². The van der Waals surface area contributed by atoms with E-state index in [1.165, 1.54) is 0 Å². The summed E-state index contributed by atoms with van der Waals surface area (Å²) in [4.78, 5) is 41.7. The summed E-state index contributed by atoms with van der Waals surface area (Å²) in [5.74, 6) is 0.483. The molecule has 0 bridgehead atoms. The molecule has 0 saturated carbocycles. The second-order valence-corrected chi connectivity index (χ2v) is 7.56. The minimum Gasteiger partial charge on any atom is -0.462 e. The number of nitrogens with zero attached hydrogens (tertiary/aromatic N) is 2. The molecule has 0 aliphatic carbocycles. The molecule has 1 aromatic rings. The molecule has 0 amide bonds. The Hall–Kier alpha value is -2.87. The van der Waals surface area contributed by atoms with Gasteiger partial charge in [0.25, 0.3) is 10.2 Å². The van der Waals surface area contributed by atoms with Crippen molar-refractivity contribution in [2.45, 2.75) is 13.0 Å². The summed E-state index contributed by atoms with van der Waals surface area (Å²) in [5, 5.41) is 18.7. The molecule has 1 aromatic carbocycles. The van der Waals surface area contributed by atoms with Gasteiger partial charge in [0.15, 0.2) is 11.5 Å². The van der Waals surface area contributed by atoms with E-state index in [-0.39, 0.29) is 24.1 Å². The number of benzene rings is 1. The van der Waals surface area contributed by atoms with Gasteiger partial charge in [-0.3, -0.25) is 0 Å². The minimum absolute atomic E-state index is 0.0582. The predicted molar refractivity (Wildman–Crippen MR) is 102 cm³/mol. The van der Waals surface area contributed by atoms with Crippen LogP contribution in [0, 0.1) is 20.2 Å². The molecular weight excluding hydrogens is 432 g/mol. The Labute approximate surface area is 172 Å². The van der Waals surface area contributed by atoms with E-state index in [2.05, 4.69) is 9.68 Å². The molecule has 0 radical (unpaired) electrons. The van der Waals surface area contributed by atoms with Crippen molar-refractivity contribution in [3.8, 4) is 11.5 Å². The number of esters is 1. The fraction of sp³-hybridized carbons (Fsp3) is 0.400. The lowest BCUT2D eigenvalue weighted by Gasteiger charge is -2.13. The molecule has 29 heavy (non-hydrogen) atoms. The normalized spacial score (nSPS) is 13.5. The van der Waals surface area contributed by atoms with Crippen molar-refractivity contribution < 1.29 is 38.9 Å². The van der Waals surface area contributed by atoms with Gasteiger partial charge in [0, 0.05) is 5.75 Å². The van der Waals surface area contributed by atoms with Gasteiger partial charge >= 0.3 is 5.97 Å². The van der Waals surface area contributed by atoms with Crippen molar-refractivity contribution in [2.24, 2.45) is 0 Å². The van der Waals surface area contributed by atoms with E-state index in [9.17, 15) is 25.0 Å². The van der Waals surface area contributed by atoms with Gasteiger partial charge in [-0.2, -0.15) is 0 Å². The molecule has 0 N–H and O–H groups in total. The Balaban J connectivity index is 2.04. The van der Waals surface area contributed by atoms with E-state index >= 15 is 0 Å². The Kier molecular flexibility index (Phi) is 8.67. The first-order valence-electron chi connectivity index (χ1n) is 8.05. The van der Waals surface area contributed by atoms with E-state index < -0.39 is 28.9 Å². The molecule has 0 spiro atoms. The molecule has 0 fully saturated rings. The van der Waals surface area contributed by atoms with Crippen molar-refractivity contribution in [3.05, 3.63) is 48.9 Å². The zero-order valence-corrected chi connectivity index (χ0v) is 16.6. The second kappa shape index (κ2) is 11.2. The number of hydrogen-bond donors (Lipinski definition) is 0. The van der Waals surface area contributed by atoms with E-state index in [1.807, 2.05) is 0 Å². The SMILES string of the molecule is CCOC(=O)C(=Cc1ccc2c(c1)OCO2)SSCC(CO[N+](=O)[O-])O[N+](=O)[O-]. The molecule has 0 aromatic heterocycles. The summed E-state index contributed by atoms with van der Waals surface area (Å²) in [5.41, 5.74) is 0.653. The molecule has 0 saturated heterocycles. The van der Waals surface area contributed by atoms with Crippen LogP contribution >= 0.6 is 21.6 Å². The first-order chi connectivity index (χ1) is 13.9. The summed E-state index contributed by atoms with van der Waals surface area (Å²) in [6.45, 7) is 1.31. The van der Waals surface area contributed by atoms with Crippen molar-refractivity contribution in [3.63, 3.8) is 0 Å². The van der Waals surface area contributed by atoms with Crippen molar-refractivity contribution in [2.75, 3.05) is 25.8 Å². The maximum atomic E-state index is 12.2. The summed E-state index contributed by atoms with van der Waals surface area (Å²) >= 11 is 0. The minimum atomic E-state index is -1.19. The molecule has 2 rings (SSSR count). The highest BCUT2D eigenvalue weighted by molar-refractivity contribution is 8.78. The van der Waals surface area contributed by atoms with Gasteiger partial charge in [0.05, 0.1) is 6.61 Å². The fourth-order valence-corrected chi connectivity index (χ4v) is 4.23. The largest absolute Gasteiger partial charge is 0.462 e. The van der Waals surface area contributed by atoms with Gasteiger partial charge in [0.2, 0.25) is 6.79 Å². The van der Waals surface area contributed by atoms with Crippen molar-refractivity contribution >= 4 is 33.6 Å². The first kappa shape index (κ1) is 22.4. The number of ether oxygens (including phenoxy) is 3. The molecule has 158 valence electrons. The maximum Gasteiger partial charge on any atom is 0.345 e. The third-order valence-corrected chi connectivity index (χ3v) is 5.56. The first-order valence-corrected chi connectivity index (χ1v) is 10.4. The van der Waals surface area contributed by atoms with Gasteiger partial charge in [-0.05, 0) is 30.7 Å². The zero-order chi connectivity index (χ0) is 21.2. The monoisotopic (exact) mass is 448 g/mol. The molecule has 1 atom stereocenters. The number of hydrogen-bond acceptors (Lipinski definition) is 12. The Bertz CT molecular complexity index is 788. The van der Waals surface area contributed by atoms with Crippen LogP contribution in [0.1, 0.15) is 12.5 Å². The van der Waals surface area contributed by atoms with Crippen LogP contribution in [0.3, 0.4) is 0 Å². The molecule has 1 aliphatic heterocycles. The highest BCUT2D eigenvalue weighted by Gasteiger charge is 2.19. The van der Waals surface area contributed by atoms with Gasteiger partial charge < -0.3 is 23.9 Å². The Morgan fingerprint density at radius 2 is 2.03 bits per heavy atom. The average molecular weight is 448 g/mol. The zero-order valence-electron chi connectivity index (χ0n) is 15.0. The Morgan fingerprint density at radius 1 is 1.28 bits per heavy atom. The molecule has 1 aliphatic rings. The van der Waals surface area contributed by atoms with Gasteiger partial charge in [-0.1, -0.05) is 27.7 Å². The van der Waals surface area contributed by atoms with E-state index in [0.717, 1.165) is 21.6 Å². The highest BCUT2D eigenvalue weighted by Crippen LogP contribution is 2.36. The summed E-state index contributed by atoms with van der Waals surface area (Å²) in [6.07, 6.45) is 0.371. The second-order valence-electron chi connectivity index (χ2n) is 5.18. The van der Waals surface area contributed by atoms with E-state index in [4.69, 9.17) is 14.2 Å². The standard InChI is InChI=1S/C15H16N2O10S2/c1-2-23-15(18)14(6-10-3-4-12-13(5-10)25-9-24-12)29-28-8-11(27-17(21)22)7-26-16(19)20/h3-6,11H,2,7-9H2,1H3. The lowest BCUT2D eigenvalue weighted by atomic mass is 10.2. The van der Waals surface area contributed by atoms with Crippen LogP contribution in [0.25, 0.3) is 6.08 Å². The maximum absolute atomic E-state index is 12.2. The average Bonchev–Trinajstić information content (AvgIpc) is 3.12. The third kappa shape index (κ3) is 7.57. The van der Waals surface area contributed by atoms with Crippen LogP contribution in [-0.2, 0) is 19.2 Å². The predicted octanol–water partition coefficient (Wildman–Crippen LogP) is 2.49. The summed E-state index contributed by atoms with van der Waals surface area (Å²) in [7, 11) is 2.01. The lowest BCUT2D eigenvalue weighted by molar-refractivity contribution is -0.788. The molecule has 1 unspecified atom stereocenters. The fourth-order valence-electron chi connectivity index (χ4n) is 2.02.